The van der Waals surface area contributed by atoms with Gasteiger partial charge in [0.15, 0.2) is 5.16 Å². The van der Waals surface area contributed by atoms with Crippen LogP contribution in [0, 0.1) is 10.1 Å². The Labute approximate surface area is 163 Å². The summed E-state index contributed by atoms with van der Waals surface area (Å²) in [6, 6.07) is 12.9. The number of para-hydroxylation sites is 1. The molecule has 4 rings (SSSR count). The average molecular weight is 396 g/mol. The maximum absolute atomic E-state index is 13.1. The molecule has 1 heterocycles. The highest BCUT2D eigenvalue weighted by atomic mass is 32.2. The van der Waals surface area contributed by atoms with E-state index >= 15 is 0 Å². The van der Waals surface area contributed by atoms with Crippen molar-refractivity contribution in [2.75, 3.05) is 5.75 Å². The molecule has 3 aromatic rings. The summed E-state index contributed by atoms with van der Waals surface area (Å²) in [5.74, 6) is 0.0269. The third-order valence-corrected chi connectivity index (χ3v) is 5.28. The standard InChI is InChI=1S/C19H16N4O4S/c24-17(20-12-5-6-12)11-28-19-21-16-4-2-1-3-15(16)18(25)22(19)13-7-9-14(10-8-13)23(26)27/h1-4,7-10,12H,5-6,11H2,(H,20,24). The molecule has 0 unspecified atom stereocenters. The number of benzene rings is 2. The van der Waals surface area contributed by atoms with Crippen LogP contribution in [-0.2, 0) is 4.79 Å². The molecule has 28 heavy (non-hydrogen) atoms. The summed E-state index contributed by atoms with van der Waals surface area (Å²) in [6.07, 6.45) is 2.00. The fourth-order valence-corrected chi connectivity index (χ4v) is 3.61. The van der Waals surface area contributed by atoms with Gasteiger partial charge in [-0.1, -0.05) is 23.9 Å². The minimum atomic E-state index is -0.497. The highest BCUT2D eigenvalue weighted by Gasteiger charge is 2.23. The van der Waals surface area contributed by atoms with Crippen molar-refractivity contribution >= 4 is 34.3 Å². The lowest BCUT2D eigenvalue weighted by atomic mass is 10.2. The molecular formula is C19H16N4O4S. The summed E-state index contributed by atoms with van der Waals surface area (Å²) in [6.45, 7) is 0. The predicted octanol–water partition coefficient (Wildman–Crippen LogP) is 2.66. The number of aromatic nitrogens is 2. The van der Waals surface area contributed by atoms with Gasteiger partial charge in [-0.25, -0.2) is 4.98 Å². The van der Waals surface area contributed by atoms with Crippen LogP contribution in [0.4, 0.5) is 5.69 Å². The van der Waals surface area contributed by atoms with Gasteiger partial charge < -0.3 is 5.32 Å². The molecule has 1 aliphatic rings. The van der Waals surface area contributed by atoms with Crippen molar-refractivity contribution in [2.45, 2.75) is 24.0 Å². The summed E-state index contributed by atoms with van der Waals surface area (Å²) >= 11 is 1.17. The summed E-state index contributed by atoms with van der Waals surface area (Å²) < 4.78 is 1.39. The Morgan fingerprint density at radius 3 is 2.61 bits per heavy atom. The van der Waals surface area contributed by atoms with E-state index in [9.17, 15) is 19.7 Å². The molecule has 1 amide bonds. The van der Waals surface area contributed by atoms with Crippen molar-refractivity contribution < 1.29 is 9.72 Å². The monoisotopic (exact) mass is 396 g/mol. The Morgan fingerprint density at radius 1 is 1.21 bits per heavy atom. The molecule has 9 heteroatoms. The number of carbonyl (C=O) groups is 1. The minimum Gasteiger partial charge on any atom is -0.353 e. The topological polar surface area (TPSA) is 107 Å². The number of fused-ring (bicyclic) bond motifs is 1. The van der Waals surface area contributed by atoms with Crippen LogP contribution in [0.3, 0.4) is 0 Å². The van der Waals surface area contributed by atoms with E-state index in [1.807, 2.05) is 0 Å². The number of amides is 1. The second-order valence-electron chi connectivity index (χ2n) is 6.46. The van der Waals surface area contributed by atoms with Gasteiger partial charge >= 0.3 is 0 Å². The van der Waals surface area contributed by atoms with E-state index in [0.717, 1.165) is 12.8 Å². The molecule has 142 valence electrons. The molecule has 1 fully saturated rings. The maximum atomic E-state index is 13.1. The first-order chi connectivity index (χ1) is 13.5. The maximum Gasteiger partial charge on any atom is 0.269 e. The Morgan fingerprint density at radius 2 is 1.93 bits per heavy atom. The highest BCUT2D eigenvalue weighted by molar-refractivity contribution is 7.99. The normalized spacial score (nSPS) is 13.4. The zero-order chi connectivity index (χ0) is 19.7. The zero-order valence-electron chi connectivity index (χ0n) is 14.7. The fourth-order valence-electron chi connectivity index (χ4n) is 2.79. The van der Waals surface area contributed by atoms with E-state index in [2.05, 4.69) is 10.3 Å². The van der Waals surface area contributed by atoms with Gasteiger partial charge in [0.05, 0.1) is 27.3 Å². The second kappa shape index (κ2) is 7.43. The van der Waals surface area contributed by atoms with Crippen molar-refractivity contribution in [1.82, 2.24) is 14.9 Å². The third-order valence-electron chi connectivity index (χ3n) is 4.34. The molecule has 0 saturated heterocycles. The number of nitro benzene ring substituents is 1. The largest absolute Gasteiger partial charge is 0.353 e. The highest BCUT2D eigenvalue weighted by Crippen LogP contribution is 2.24. The number of nitro groups is 1. The number of nitrogens with zero attached hydrogens (tertiary/aromatic N) is 3. The number of hydrogen-bond donors (Lipinski definition) is 1. The molecule has 2 aromatic carbocycles. The summed E-state index contributed by atoms with van der Waals surface area (Å²) in [4.78, 5) is 40.1. The quantitative estimate of drug-likeness (QED) is 0.297. The van der Waals surface area contributed by atoms with Crippen LogP contribution in [0.2, 0.25) is 0 Å². The van der Waals surface area contributed by atoms with Crippen LogP contribution in [0.25, 0.3) is 16.6 Å². The van der Waals surface area contributed by atoms with E-state index in [0.29, 0.717) is 21.7 Å². The number of rotatable bonds is 6. The van der Waals surface area contributed by atoms with Crippen molar-refractivity contribution in [3.05, 3.63) is 69.0 Å². The van der Waals surface area contributed by atoms with Crippen molar-refractivity contribution in [3.8, 4) is 5.69 Å². The van der Waals surface area contributed by atoms with Gasteiger partial charge in [-0.05, 0) is 37.1 Å². The van der Waals surface area contributed by atoms with Gasteiger partial charge in [0.1, 0.15) is 0 Å². The second-order valence-corrected chi connectivity index (χ2v) is 7.40. The van der Waals surface area contributed by atoms with Gasteiger partial charge in [-0.2, -0.15) is 0 Å². The third kappa shape index (κ3) is 3.74. The van der Waals surface area contributed by atoms with Gasteiger partial charge in [0.2, 0.25) is 5.91 Å². The van der Waals surface area contributed by atoms with Crippen LogP contribution >= 0.6 is 11.8 Å². The number of hydrogen-bond acceptors (Lipinski definition) is 6. The molecule has 1 saturated carbocycles. The van der Waals surface area contributed by atoms with E-state index < -0.39 is 4.92 Å². The Kier molecular flexibility index (Phi) is 4.82. The molecular weight excluding hydrogens is 380 g/mol. The van der Waals surface area contributed by atoms with E-state index in [-0.39, 0.29) is 28.9 Å². The van der Waals surface area contributed by atoms with Crippen LogP contribution in [-0.4, -0.2) is 32.2 Å². The molecule has 8 nitrogen and oxygen atoms in total. The first kappa shape index (κ1) is 18.2. The lowest BCUT2D eigenvalue weighted by Crippen LogP contribution is -2.28. The van der Waals surface area contributed by atoms with Gasteiger partial charge in [0.25, 0.3) is 11.2 Å². The fraction of sp³-hybridized carbons (Fsp3) is 0.211. The first-order valence-corrected chi connectivity index (χ1v) is 9.70. The number of nitrogens with one attached hydrogen (secondary N) is 1. The van der Waals surface area contributed by atoms with Crippen LogP contribution in [0.15, 0.2) is 58.5 Å². The Hall–Kier alpha value is -3.20. The lowest BCUT2D eigenvalue weighted by molar-refractivity contribution is -0.384. The smallest absolute Gasteiger partial charge is 0.269 e. The molecule has 1 N–H and O–H groups in total. The number of non-ortho nitro benzene ring substituents is 1. The Bertz CT molecular complexity index is 1120. The molecule has 0 aliphatic heterocycles. The van der Waals surface area contributed by atoms with Crippen LogP contribution < -0.4 is 10.9 Å². The van der Waals surface area contributed by atoms with Crippen LogP contribution in [0.1, 0.15) is 12.8 Å². The average Bonchev–Trinajstić information content (AvgIpc) is 3.50. The SMILES string of the molecule is O=C(CSc1nc2ccccc2c(=O)n1-c1ccc([N+](=O)[O-])cc1)NC1CC1. The summed E-state index contributed by atoms with van der Waals surface area (Å²) in [7, 11) is 0. The molecule has 0 bridgehead atoms. The predicted molar refractivity (Wildman–Crippen MR) is 106 cm³/mol. The molecule has 0 spiro atoms. The summed E-state index contributed by atoms with van der Waals surface area (Å²) in [5, 5.41) is 14.6. The summed E-state index contributed by atoms with van der Waals surface area (Å²) in [5.41, 5.74) is 0.642. The van der Waals surface area contributed by atoms with Crippen molar-refractivity contribution in [3.63, 3.8) is 0 Å². The molecule has 0 atom stereocenters. The van der Waals surface area contributed by atoms with Crippen molar-refractivity contribution in [1.29, 1.82) is 0 Å². The lowest BCUT2D eigenvalue weighted by Gasteiger charge is -2.13. The van der Waals surface area contributed by atoms with Gasteiger partial charge in [0, 0.05) is 18.2 Å². The first-order valence-electron chi connectivity index (χ1n) is 8.72. The molecule has 0 radical (unpaired) electrons. The minimum absolute atomic E-state index is 0.0661. The van der Waals surface area contributed by atoms with E-state index in [1.54, 1.807) is 24.3 Å². The zero-order valence-corrected chi connectivity index (χ0v) is 15.5. The molecule has 1 aromatic heterocycles. The Balaban J connectivity index is 1.75. The number of carbonyl (C=O) groups excluding carboxylic acids is 1. The van der Waals surface area contributed by atoms with E-state index in [4.69, 9.17) is 0 Å². The number of thioether (sulfide) groups is 1. The van der Waals surface area contributed by atoms with Gasteiger partial charge in [-0.15, -0.1) is 0 Å². The van der Waals surface area contributed by atoms with E-state index in [1.165, 1.54) is 40.6 Å². The van der Waals surface area contributed by atoms with Gasteiger partial charge in [-0.3, -0.25) is 24.3 Å². The van der Waals surface area contributed by atoms with Crippen LogP contribution in [0.5, 0.6) is 0 Å². The molecule has 1 aliphatic carbocycles. The van der Waals surface area contributed by atoms with Crippen molar-refractivity contribution in [2.24, 2.45) is 0 Å².